The molecule has 1 amide bonds. The maximum atomic E-state index is 12.1. The Hall–Kier alpha value is -1.77. The van der Waals surface area contributed by atoms with E-state index in [1.54, 1.807) is 12.1 Å². The van der Waals surface area contributed by atoms with Crippen LogP contribution in [0.3, 0.4) is 0 Å². The zero-order valence-corrected chi connectivity index (χ0v) is 15.4. The monoisotopic (exact) mass is 349 g/mol. The summed E-state index contributed by atoms with van der Waals surface area (Å²) in [6.07, 6.45) is 1.64. The third kappa shape index (κ3) is 5.12. The lowest BCUT2D eigenvalue weighted by Crippen LogP contribution is -2.35. The third-order valence-corrected chi connectivity index (χ3v) is 4.30. The molecule has 1 aromatic rings. The first-order valence-electron chi connectivity index (χ1n) is 8.03. The minimum Gasteiger partial charge on any atom is -0.444 e. The Labute approximate surface area is 148 Å². The second-order valence-corrected chi connectivity index (χ2v) is 7.88. The van der Waals surface area contributed by atoms with Crippen LogP contribution in [-0.2, 0) is 11.3 Å². The first-order valence-corrected chi connectivity index (χ1v) is 8.41. The molecular formula is C18H24ClN3O2. The predicted octanol–water partition coefficient (Wildman–Crippen LogP) is 4.57. The van der Waals surface area contributed by atoms with E-state index >= 15 is 0 Å². The Bertz CT molecular complexity index is 657. The molecule has 5 nitrogen and oxygen atoms in total. The number of carbonyl (C=O) groups is 1. The van der Waals surface area contributed by atoms with Gasteiger partial charge >= 0.3 is 6.09 Å². The van der Waals surface area contributed by atoms with Crippen molar-refractivity contribution in [2.75, 3.05) is 11.9 Å². The number of anilines is 1. The fourth-order valence-corrected chi connectivity index (χ4v) is 2.65. The summed E-state index contributed by atoms with van der Waals surface area (Å²) in [6, 6.07) is 7.54. The summed E-state index contributed by atoms with van der Waals surface area (Å²) in [5.74, 6) is 0. The van der Waals surface area contributed by atoms with Crippen LogP contribution in [0, 0.1) is 11.3 Å². The van der Waals surface area contributed by atoms with Gasteiger partial charge in [0.2, 0.25) is 0 Å². The lowest BCUT2D eigenvalue weighted by molar-refractivity contribution is 0.0635. The van der Waals surface area contributed by atoms with Crippen molar-refractivity contribution in [3.05, 3.63) is 28.8 Å². The molecule has 1 aromatic carbocycles. The van der Waals surface area contributed by atoms with Gasteiger partial charge in [0.05, 0.1) is 12.6 Å². The summed E-state index contributed by atoms with van der Waals surface area (Å²) < 4.78 is 5.31. The smallest absolute Gasteiger partial charge is 0.412 e. The zero-order chi connectivity index (χ0) is 18.0. The first kappa shape index (κ1) is 18.6. The minimum atomic E-state index is -0.564. The van der Waals surface area contributed by atoms with Crippen molar-refractivity contribution in [2.24, 2.45) is 0 Å². The lowest BCUT2D eigenvalue weighted by atomic mass is 10.1. The van der Waals surface area contributed by atoms with Crippen molar-refractivity contribution in [3.8, 4) is 6.07 Å². The highest BCUT2D eigenvalue weighted by atomic mass is 35.5. The van der Waals surface area contributed by atoms with E-state index in [1.165, 1.54) is 0 Å². The Morgan fingerprint density at radius 3 is 2.67 bits per heavy atom. The van der Waals surface area contributed by atoms with E-state index in [1.807, 2.05) is 26.8 Å². The summed E-state index contributed by atoms with van der Waals surface area (Å²) in [4.78, 5) is 14.2. The van der Waals surface area contributed by atoms with Crippen LogP contribution in [-0.4, -0.2) is 28.7 Å². The molecule has 1 fully saturated rings. The van der Waals surface area contributed by atoms with Crippen LogP contribution < -0.4 is 5.32 Å². The van der Waals surface area contributed by atoms with Gasteiger partial charge < -0.3 is 4.74 Å². The Morgan fingerprint density at radius 2 is 2.12 bits per heavy atom. The second kappa shape index (κ2) is 7.00. The standard InChI is InChI=1S/C18H24ClN3O2/c1-17(2,3)24-16(23)21-15-6-5-14(19)11-13(15)12-22(10-9-20)18(4)7-8-18/h5-6,11H,7-8,10,12H2,1-4H3,(H,21,23). The van der Waals surface area contributed by atoms with Gasteiger partial charge in [-0.1, -0.05) is 11.6 Å². The molecule has 0 unspecified atom stereocenters. The van der Waals surface area contributed by atoms with Crippen LogP contribution in [0.25, 0.3) is 0 Å². The average Bonchev–Trinajstić information content (AvgIpc) is 3.18. The molecule has 6 heteroatoms. The van der Waals surface area contributed by atoms with E-state index in [4.69, 9.17) is 21.6 Å². The van der Waals surface area contributed by atoms with Crippen molar-refractivity contribution in [3.63, 3.8) is 0 Å². The van der Waals surface area contributed by atoms with Crippen LogP contribution >= 0.6 is 11.6 Å². The van der Waals surface area contributed by atoms with Gasteiger partial charge in [0.1, 0.15) is 5.60 Å². The van der Waals surface area contributed by atoms with Crippen molar-refractivity contribution in [1.82, 2.24) is 4.90 Å². The number of nitrogens with zero attached hydrogens (tertiary/aromatic N) is 2. The number of carbonyl (C=O) groups excluding carboxylic acids is 1. The maximum absolute atomic E-state index is 12.1. The number of amides is 1. The van der Waals surface area contributed by atoms with E-state index in [9.17, 15) is 4.79 Å². The van der Waals surface area contributed by atoms with E-state index in [-0.39, 0.29) is 5.54 Å². The van der Waals surface area contributed by atoms with Gasteiger partial charge in [-0.25, -0.2) is 4.79 Å². The van der Waals surface area contributed by atoms with Crippen molar-refractivity contribution < 1.29 is 9.53 Å². The molecule has 0 atom stereocenters. The molecule has 1 saturated carbocycles. The number of nitrogens with one attached hydrogen (secondary N) is 1. The highest BCUT2D eigenvalue weighted by molar-refractivity contribution is 6.30. The topological polar surface area (TPSA) is 65.4 Å². The summed E-state index contributed by atoms with van der Waals surface area (Å²) in [5, 5.41) is 12.5. The highest BCUT2D eigenvalue weighted by Gasteiger charge is 2.43. The summed E-state index contributed by atoms with van der Waals surface area (Å²) in [5.41, 5.74) is 1.02. The van der Waals surface area contributed by atoms with Crippen LogP contribution in [0.5, 0.6) is 0 Å². The molecule has 0 radical (unpaired) electrons. The van der Waals surface area contributed by atoms with Gasteiger partial charge in [0.15, 0.2) is 0 Å². The van der Waals surface area contributed by atoms with E-state index in [2.05, 4.69) is 23.2 Å². The molecule has 1 aliphatic carbocycles. The summed E-state index contributed by atoms with van der Waals surface area (Å²) >= 11 is 6.12. The highest BCUT2D eigenvalue weighted by Crippen LogP contribution is 2.42. The lowest BCUT2D eigenvalue weighted by Gasteiger charge is -2.27. The predicted molar refractivity (Wildman–Crippen MR) is 95.0 cm³/mol. The van der Waals surface area contributed by atoms with Gasteiger partial charge in [-0.3, -0.25) is 10.2 Å². The van der Waals surface area contributed by atoms with E-state index < -0.39 is 11.7 Å². The fraction of sp³-hybridized carbons (Fsp3) is 0.556. The van der Waals surface area contributed by atoms with Crippen molar-refractivity contribution in [2.45, 2.75) is 58.2 Å². The Balaban J connectivity index is 2.18. The van der Waals surface area contributed by atoms with Gasteiger partial charge in [-0.2, -0.15) is 5.26 Å². The second-order valence-electron chi connectivity index (χ2n) is 7.44. The molecule has 2 rings (SSSR count). The van der Waals surface area contributed by atoms with Gasteiger partial charge in [0.25, 0.3) is 0 Å². The molecule has 0 bridgehead atoms. The maximum Gasteiger partial charge on any atom is 0.412 e. The van der Waals surface area contributed by atoms with Crippen molar-refractivity contribution in [1.29, 1.82) is 5.26 Å². The summed E-state index contributed by atoms with van der Waals surface area (Å²) in [7, 11) is 0. The van der Waals surface area contributed by atoms with E-state index in [0.717, 1.165) is 18.4 Å². The fourth-order valence-electron chi connectivity index (χ4n) is 2.45. The van der Waals surface area contributed by atoms with E-state index in [0.29, 0.717) is 23.8 Å². The quantitative estimate of drug-likeness (QED) is 0.791. The first-order chi connectivity index (χ1) is 11.1. The molecule has 1 N–H and O–H groups in total. The molecule has 0 aromatic heterocycles. The molecule has 0 saturated heterocycles. The van der Waals surface area contributed by atoms with Crippen LogP contribution in [0.15, 0.2) is 18.2 Å². The number of nitriles is 1. The number of rotatable bonds is 5. The zero-order valence-electron chi connectivity index (χ0n) is 14.6. The molecule has 0 heterocycles. The Kier molecular flexibility index (Phi) is 5.42. The minimum absolute atomic E-state index is 0.0568. The van der Waals surface area contributed by atoms with Gasteiger partial charge in [-0.15, -0.1) is 0 Å². The molecule has 0 spiro atoms. The number of halogens is 1. The van der Waals surface area contributed by atoms with Crippen molar-refractivity contribution >= 4 is 23.4 Å². The number of hydrogen-bond acceptors (Lipinski definition) is 4. The van der Waals surface area contributed by atoms with Gasteiger partial charge in [0, 0.05) is 22.8 Å². The number of benzene rings is 1. The van der Waals surface area contributed by atoms with Crippen LogP contribution in [0.1, 0.15) is 46.1 Å². The normalized spacial score (nSPS) is 15.7. The number of hydrogen-bond donors (Lipinski definition) is 1. The average molecular weight is 350 g/mol. The number of ether oxygens (including phenoxy) is 1. The molecule has 0 aliphatic heterocycles. The molecule has 1 aliphatic rings. The molecular weight excluding hydrogens is 326 g/mol. The largest absolute Gasteiger partial charge is 0.444 e. The summed E-state index contributed by atoms with van der Waals surface area (Å²) in [6.45, 7) is 8.49. The van der Waals surface area contributed by atoms with Crippen LogP contribution in [0.2, 0.25) is 5.02 Å². The van der Waals surface area contributed by atoms with Gasteiger partial charge in [-0.05, 0) is 64.3 Å². The SMILES string of the molecule is CC(C)(C)OC(=O)Nc1ccc(Cl)cc1CN(CC#N)C1(C)CC1. The third-order valence-electron chi connectivity index (χ3n) is 4.06. The molecule has 24 heavy (non-hydrogen) atoms. The van der Waals surface area contributed by atoms with Crippen LogP contribution in [0.4, 0.5) is 10.5 Å². The Morgan fingerprint density at radius 1 is 1.46 bits per heavy atom. The molecule has 130 valence electrons.